The Labute approximate surface area is 161 Å². The summed E-state index contributed by atoms with van der Waals surface area (Å²) >= 11 is 0. The first-order valence-electron chi connectivity index (χ1n) is 10.1. The molecule has 0 radical (unpaired) electrons. The Morgan fingerprint density at radius 3 is 2.27 bits per heavy atom. The highest BCUT2D eigenvalue weighted by molar-refractivity contribution is 6.74. The predicted octanol–water partition coefficient (Wildman–Crippen LogP) is 6.78. The highest BCUT2D eigenvalue weighted by Crippen LogP contribution is 2.50. The number of carbonyl (C=O) groups is 1. The molecule has 2 unspecified atom stereocenters. The minimum absolute atomic E-state index is 0.0316. The monoisotopic (exact) mass is 374 g/mol. The summed E-state index contributed by atoms with van der Waals surface area (Å²) in [6, 6.07) is 10.4. The standard InChI is InChI=1S/C23H38O2Si/c1-17(2)23(5,6)26(7,8)25-21(18-12-10-9-11-13-18)19-16-22(3,4)15-14-20(19)24/h9-13,17,19,21H,14-16H2,1-8H3. The SMILES string of the molecule is CC(C)C(C)(C)[Si](C)(C)OC(c1ccccc1)C1CC(C)(C)CCC1=O. The second-order valence-corrected chi connectivity index (χ2v) is 14.8. The van der Waals surface area contributed by atoms with Crippen molar-refractivity contribution in [1.29, 1.82) is 0 Å². The first kappa shape index (κ1) is 21.4. The van der Waals surface area contributed by atoms with Crippen LogP contribution in [-0.2, 0) is 9.22 Å². The van der Waals surface area contributed by atoms with Crippen molar-refractivity contribution in [2.24, 2.45) is 17.3 Å². The van der Waals surface area contributed by atoms with Crippen LogP contribution in [-0.4, -0.2) is 14.1 Å². The Hall–Kier alpha value is -0.933. The van der Waals surface area contributed by atoms with Gasteiger partial charge in [0, 0.05) is 12.3 Å². The van der Waals surface area contributed by atoms with Crippen LogP contribution in [0.5, 0.6) is 0 Å². The van der Waals surface area contributed by atoms with E-state index >= 15 is 0 Å². The summed E-state index contributed by atoms with van der Waals surface area (Å²) in [5.41, 5.74) is 1.36. The largest absolute Gasteiger partial charge is 0.409 e. The van der Waals surface area contributed by atoms with Crippen molar-refractivity contribution in [1.82, 2.24) is 0 Å². The third-order valence-corrected chi connectivity index (χ3v) is 11.7. The number of ketones is 1. The lowest BCUT2D eigenvalue weighted by atomic mass is 9.69. The Morgan fingerprint density at radius 2 is 1.73 bits per heavy atom. The Kier molecular flexibility index (Phi) is 6.24. The maximum atomic E-state index is 12.9. The van der Waals surface area contributed by atoms with Crippen molar-refractivity contribution in [2.75, 3.05) is 0 Å². The zero-order valence-electron chi connectivity index (χ0n) is 18.1. The first-order valence-corrected chi connectivity index (χ1v) is 13.0. The van der Waals surface area contributed by atoms with E-state index in [1.54, 1.807) is 0 Å². The van der Waals surface area contributed by atoms with Gasteiger partial charge in [-0.25, -0.2) is 0 Å². The van der Waals surface area contributed by atoms with Gasteiger partial charge in [-0.1, -0.05) is 71.9 Å². The average molecular weight is 375 g/mol. The van der Waals surface area contributed by atoms with Gasteiger partial charge in [0.2, 0.25) is 0 Å². The maximum Gasteiger partial charge on any atom is 0.193 e. The Bertz CT molecular complexity index is 616. The highest BCUT2D eigenvalue weighted by atomic mass is 28.4. The molecule has 0 spiro atoms. The van der Waals surface area contributed by atoms with Crippen LogP contribution in [0.1, 0.15) is 72.5 Å². The second kappa shape index (κ2) is 7.59. The first-order chi connectivity index (χ1) is 11.9. The number of carbonyl (C=O) groups excluding carboxylic acids is 1. The molecule has 0 bridgehead atoms. The van der Waals surface area contributed by atoms with Gasteiger partial charge in [0.15, 0.2) is 8.32 Å². The molecule has 1 aliphatic carbocycles. The topological polar surface area (TPSA) is 26.3 Å². The molecule has 0 heterocycles. The van der Waals surface area contributed by atoms with E-state index in [1.807, 2.05) is 6.07 Å². The van der Waals surface area contributed by atoms with Gasteiger partial charge < -0.3 is 4.43 Å². The van der Waals surface area contributed by atoms with Gasteiger partial charge in [-0.15, -0.1) is 0 Å². The molecule has 1 saturated carbocycles. The smallest absolute Gasteiger partial charge is 0.193 e. The maximum absolute atomic E-state index is 12.9. The molecule has 1 fully saturated rings. The molecule has 2 rings (SSSR count). The van der Waals surface area contributed by atoms with Gasteiger partial charge in [-0.05, 0) is 47.9 Å². The number of Topliss-reactive ketones (excluding diaryl/α,β-unsaturated/α-hetero) is 1. The van der Waals surface area contributed by atoms with E-state index in [4.69, 9.17) is 4.43 Å². The molecule has 1 aromatic rings. The third-order valence-electron chi connectivity index (χ3n) is 7.14. The van der Waals surface area contributed by atoms with Crippen LogP contribution < -0.4 is 0 Å². The van der Waals surface area contributed by atoms with Crippen LogP contribution in [0.2, 0.25) is 18.1 Å². The molecular formula is C23H38O2Si. The third kappa shape index (κ3) is 4.48. The summed E-state index contributed by atoms with van der Waals surface area (Å²) in [6.45, 7) is 18.4. The molecule has 0 N–H and O–H groups in total. The number of hydrogen-bond acceptors (Lipinski definition) is 2. The van der Waals surface area contributed by atoms with Gasteiger partial charge in [-0.2, -0.15) is 0 Å². The highest BCUT2D eigenvalue weighted by Gasteiger charge is 2.48. The summed E-state index contributed by atoms with van der Waals surface area (Å²) in [6.07, 6.45) is 2.46. The van der Waals surface area contributed by atoms with E-state index in [2.05, 4.69) is 78.9 Å². The van der Waals surface area contributed by atoms with Crippen LogP contribution in [0.4, 0.5) is 0 Å². The number of hydrogen-bond donors (Lipinski definition) is 0. The zero-order valence-corrected chi connectivity index (χ0v) is 19.1. The second-order valence-electron chi connectivity index (χ2n) is 10.3. The summed E-state index contributed by atoms with van der Waals surface area (Å²) in [5, 5.41) is 0.132. The van der Waals surface area contributed by atoms with E-state index < -0.39 is 8.32 Å². The Balaban J connectivity index is 2.41. The molecule has 3 heteroatoms. The summed E-state index contributed by atoms with van der Waals surface area (Å²) < 4.78 is 6.97. The predicted molar refractivity (Wildman–Crippen MR) is 113 cm³/mol. The molecule has 2 nitrogen and oxygen atoms in total. The molecule has 0 aromatic heterocycles. The summed E-state index contributed by atoms with van der Waals surface area (Å²) in [4.78, 5) is 12.9. The quantitative estimate of drug-likeness (QED) is 0.513. The van der Waals surface area contributed by atoms with E-state index in [9.17, 15) is 4.79 Å². The zero-order chi connectivity index (χ0) is 19.8. The van der Waals surface area contributed by atoms with Crippen LogP contribution in [0.3, 0.4) is 0 Å². The lowest BCUT2D eigenvalue weighted by Crippen LogP contribution is -2.48. The lowest BCUT2D eigenvalue weighted by molar-refractivity contribution is -0.131. The van der Waals surface area contributed by atoms with Crippen molar-refractivity contribution in [2.45, 2.75) is 85.0 Å². The van der Waals surface area contributed by atoms with Gasteiger partial charge in [0.25, 0.3) is 0 Å². The van der Waals surface area contributed by atoms with Crippen molar-refractivity contribution in [3.63, 3.8) is 0 Å². The average Bonchev–Trinajstić information content (AvgIpc) is 2.55. The number of rotatable bonds is 6. The molecule has 26 heavy (non-hydrogen) atoms. The van der Waals surface area contributed by atoms with E-state index in [0.717, 1.165) is 18.4 Å². The van der Waals surface area contributed by atoms with Gasteiger partial charge in [-0.3, -0.25) is 4.79 Å². The fourth-order valence-corrected chi connectivity index (χ4v) is 6.55. The molecule has 146 valence electrons. The number of benzene rings is 1. The van der Waals surface area contributed by atoms with Crippen molar-refractivity contribution in [3.8, 4) is 0 Å². The molecular weight excluding hydrogens is 336 g/mol. The van der Waals surface area contributed by atoms with Crippen LogP contribution in [0.25, 0.3) is 0 Å². The van der Waals surface area contributed by atoms with Crippen molar-refractivity contribution >= 4 is 14.1 Å². The Morgan fingerprint density at radius 1 is 1.15 bits per heavy atom. The minimum Gasteiger partial charge on any atom is -0.409 e. The molecule has 2 atom stereocenters. The fraction of sp³-hybridized carbons (Fsp3) is 0.696. The lowest BCUT2D eigenvalue weighted by Gasteiger charge is -2.47. The molecule has 0 amide bonds. The van der Waals surface area contributed by atoms with Crippen LogP contribution in [0, 0.1) is 17.3 Å². The molecule has 0 aliphatic heterocycles. The summed E-state index contributed by atoms with van der Waals surface area (Å²) in [5.74, 6) is 0.889. The van der Waals surface area contributed by atoms with E-state index in [1.165, 1.54) is 0 Å². The molecule has 1 aliphatic rings. The van der Waals surface area contributed by atoms with Crippen LogP contribution in [0.15, 0.2) is 30.3 Å². The fourth-order valence-electron chi connectivity index (χ4n) is 3.92. The van der Waals surface area contributed by atoms with Crippen molar-refractivity contribution in [3.05, 3.63) is 35.9 Å². The minimum atomic E-state index is -2.05. The van der Waals surface area contributed by atoms with Gasteiger partial charge in [0.05, 0.1) is 6.10 Å². The molecule has 1 aromatic carbocycles. The van der Waals surface area contributed by atoms with E-state index in [0.29, 0.717) is 18.1 Å². The summed E-state index contributed by atoms with van der Waals surface area (Å²) in [7, 11) is -2.05. The van der Waals surface area contributed by atoms with Crippen molar-refractivity contribution < 1.29 is 9.22 Å². The van der Waals surface area contributed by atoms with E-state index in [-0.39, 0.29) is 22.5 Å². The molecule has 0 saturated heterocycles. The van der Waals surface area contributed by atoms with Gasteiger partial charge in [0.1, 0.15) is 5.78 Å². The van der Waals surface area contributed by atoms with Gasteiger partial charge >= 0.3 is 0 Å². The normalized spacial score (nSPS) is 22.5. The van der Waals surface area contributed by atoms with Crippen LogP contribution >= 0.6 is 0 Å².